The predicted molar refractivity (Wildman–Crippen MR) is 70.5 cm³/mol. The van der Waals surface area contributed by atoms with Gasteiger partial charge in [-0.1, -0.05) is 5.92 Å². The van der Waals surface area contributed by atoms with Crippen LogP contribution < -0.4 is 0 Å². The van der Waals surface area contributed by atoms with E-state index in [1.54, 1.807) is 4.90 Å². The monoisotopic (exact) mass is 264 g/mol. The molecule has 19 heavy (non-hydrogen) atoms. The van der Waals surface area contributed by atoms with Crippen molar-refractivity contribution in [1.82, 2.24) is 9.80 Å². The zero-order valence-electron chi connectivity index (χ0n) is 11.0. The molecule has 0 atom stereocenters. The average molecular weight is 264 g/mol. The minimum absolute atomic E-state index is 0.223. The van der Waals surface area contributed by atoms with Crippen molar-refractivity contribution in [3.8, 4) is 12.3 Å². The number of carbonyl (C=O) groups is 2. The molecule has 5 heteroatoms. The molecule has 2 aliphatic rings. The van der Waals surface area contributed by atoms with Gasteiger partial charge in [-0.2, -0.15) is 0 Å². The molecule has 2 rings (SSSR count). The number of aliphatic carboxylic acids is 1. The van der Waals surface area contributed by atoms with E-state index >= 15 is 0 Å². The third-order valence-corrected chi connectivity index (χ3v) is 3.50. The highest BCUT2D eigenvalue weighted by molar-refractivity contribution is 5.80. The fourth-order valence-corrected chi connectivity index (χ4v) is 2.12. The summed E-state index contributed by atoms with van der Waals surface area (Å²) in [6, 6.07) is -0.223. The average Bonchev–Trinajstić information content (AvgIpc) is 3.20. The van der Waals surface area contributed by atoms with Gasteiger partial charge in [0.05, 0.1) is 6.54 Å². The van der Waals surface area contributed by atoms with E-state index in [9.17, 15) is 9.59 Å². The Morgan fingerprint density at radius 2 is 1.63 bits per heavy atom. The van der Waals surface area contributed by atoms with E-state index < -0.39 is 5.97 Å². The molecular formula is C14H20N2O3. The molecule has 2 amide bonds. The van der Waals surface area contributed by atoms with Crippen molar-refractivity contribution in [2.75, 3.05) is 26.2 Å². The molecule has 2 saturated carbocycles. The van der Waals surface area contributed by atoms with Crippen LogP contribution in [0.15, 0.2) is 0 Å². The number of urea groups is 1. The fraction of sp³-hybridized carbons (Fsp3) is 0.714. The SMILES string of the molecule is C#CCN(CC1CC1)C(=O)N(CC(=O)O)CC1CC1. The van der Waals surface area contributed by atoms with Crippen molar-refractivity contribution in [3.63, 3.8) is 0 Å². The maximum atomic E-state index is 12.4. The lowest BCUT2D eigenvalue weighted by Gasteiger charge is -2.28. The summed E-state index contributed by atoms with van der Waals surface area (Å²) in [5.41, 5.74) is 0. The number of hydrogen-bond donors (Lipinski definition) is 1. The first-order chi connectivity index (χ1) is 9.10. The Morgan fingerprint density at radius 3 is 2.05 bits per heavy atom. The molecule has 0 spiro atoms. The van der Waals surface area contributed by atoms with Gasteiger partial charge < -0.3 is 14.9 Å². The number of hydrogen-bond acceptors (Lipinski definition) is 2. The lowest BCUT2D eigenvalue weighted by molar-refractivity contribution is -0.137. The second-order valence-electron chi connectivity index (χ2n) is 5.53. The van der Waals surface area contributed by atoms with Gasteiger partial charge in [0.2, 0.25) is 0 Å². The van der Waals surface area contributed by atoms with Gasteiger partial charge in [0, 0.05) is 13.1 Å². The van der Waals surface area contributed by atoms with Crippen LogP contribution in [0.1, 0.15) is 25.7 Å². The van der Waals surface area contributed by atoms with Gasteiger partial charge in [-0.3, -0.25) is 4.79 Å². The molecule has 1 N–H and O–H groups in total. The molecule has 0 heterocycles. The molecule has 0 bridgehead atoms. The van der Waals surface area contributed by atoms with Gasteiger partial charge in [0.15, 0.2) is 0 Å². The largest absolute Gasteiger partial charge is 0.480 e. The highest BCUT2D eigenvalue weighted by atomic mass is 16.4. The molecule has 0 unspecified atom stereocenters. The van der Waals surface area contributed by atoms with Gasteiger partial charge in [-0.05, 0) is 37.5 Å². The Kier molecular flexibility index (Phi) is 4.31. The summed E-state index contributed by atoms with van der Waals surface area (Å²) < 4.78 is 0. The van der Waals surface area contributed by atoms with Crippen molar-refractivity contribution < 1.29 is 14.7 Å². The number of carboxylic acid groups (broad SMARTS) is 1. The quantitative estimate of drug-likeness (QED) is 0.704. The van der Waals surface area contributed by atoms with Crippen LogP contribution in [0.3, 0.4) is 0 Å². The van der Waals surface area contributed by atoms with Crippen LogP contribution in [0.4, 0.5) is 4.79 Å². The van der Waals surface area contributed by atoms with E-state index in [-0.39, 0.29) is 19.1 Å². The molecule has 104 valence electrons. The van der Waals surface area contributed by atoms with E-state index in [0.29, 0.717) is 24.9 Å². The van der Waals surface area contributed by atoms with Gasteiger partial charge >= 0.3 is 12.0 Å². The van der Waals surface area contributed by atoms with Crippen molar-refractivity contribution >= 4 is 12.0 Å². The highest BCUT2D eigenvalue weighted by Crippen LogP contribution is 2.31. The molecule has 0 aromatic rings. The third-order valence-electron chi connectivity index (χ3n) is 3.50. The Morgan fingerprint density at radius 1 is 1.11 bits per heavy atom. The summed E-state index contributed by atoms with van der Waals surface area (Å²) in [4.78, 5) is 26.3. The molecule has 0 aromatic carbocycles. The Bertz CT molecular complexity index is 394. The van der Waals surface area contributed by atoms with Crippen LogP contribution in [0, 0.1) is 24.2 Å². The van der Waals surface area contributed by atoms with Crippen molar-refractivity contribution in [2.45, 2.75) is 25.7 Å². The van der Waals surface area contributed by atoms with Crippen LogP contribution in [0.2, 0.25) is 0 Å². The highest BCUT2D eigenvalue weighted by Gasteiger charge is 2.32. The topological polar surface area (TPSA) is 60.9 Å². The molecule has 0 aromatic heterocycles. The first kappa shape index (κ1) is 13.7. The summed E-state index contributed by atoms with van der Waals surface area (Å²) >= 11 is 0. The standard InChI is InChI=1S/C14H20N2O3/c1-2-7-15(8-11-3-4-11)14(19)16(10-13(17)18)9-12-5-6-12/h1,11-12H,3-10H2,(H,17,18). The summed E-state index contributed by atoms with van der Waals surface area (Å²) in [5, 5.41) is 8.92. The zero-order chi connectivity index (χ0) is 13.8. The Balaban J connectivity index is 1.96. The van der Waals surface area contributed by atoms with Crippen LogP contribution >= 0.6 is 0 Å². The molecule has 5 nitrogen and oxygen atoms in total. The maximum Gasteiger partial charge on any atom is 0.323 e. The fourth-order valence-electron chi connectivity index (χ4n) is 2.12. The summed E-state index contributed by atoms with van der Waals surface area (Å²) in [6.45, 7) is 1.22. The van der Waals surface area contributed by atoms with Crippen LogP contribution in [0.5, 0.6) is 0 Å². The summed E-state index contributed by atoms with van der Waals surface area (Å²) in [7, 11) is 0. The lowest BCUT2D eigenvalue weighted by atomic mass is 10.3. The van der Waals surface area contributed by atoms with E-state index in [2.05, 4.69) is 5.92 Å². The van der Waals surface area contributed by atoms with Crippen molar-refractivity contribution in [2.24, 2.45) is 11.8 Å². The van der Waals surface area contributed by atoms with E-state index in [1.807, 2.05) is 0 Å². The van der Waals surface area contributed by atoms with Gasteiger partial charge in [0.25, 0.3) is 0 Å². The maximum absolute atomic E-state index is 12.4. The number of terminal acetylenes is 1. The summed E-state index contributed by atoms with van der Waals surface area (Å²) in [6.07, 6.45) is 9.74. The van der Waals surface area contributed by atoms with E-state index in [0.717, 1.165) is 25.7 Å². The second-order valence-corrected chi connectivity index (χ2v) is 5.53. The molecule has 0 radical (unpaired) electrons. The van der Waals surface area contributed by atoms with Gasteiger partial charge in [-0.25, -0.2) is 4.79 Å². The molecule has 0 saturated heterocycles. The lowest BCUT2D eigenvalue weighted by Crippen LogP contribution is -2.47. The van der Waals surface area contributed by atoms with Crippen LogP contribution in [-0.4, -0.2) is 53.1 Å². The van der Waals surface area contributed by atoms with Crippen LogP contribution in [-0.2, 0) is 4.79 Å². The summed E-state index contributed by atoms with van der Waals surface area (Å²) in [5.74, 6) is 2.53. The number of rotatable bonds is 7. The minimum atomic E-state index is -0.971. The first-order valence-corrected chi connectivity index (χ1v) is 6.79. The number of nitrogens with zero attached hydrogens (tertiary/aromatic N) is 2. The Hall–Kier alpha value is -1.70. The molecular weight excluding hydrogens is 244 g/mol. The minimum Gasteiger partial charge on any atom is -0.480 e. The zero-order valence-corrected chi connectivity index (χ0v) is 11.0. The first-order valence-electron chi connectivity index (χ1n) is 6.79. The van der Waals surface area contributed by atoms with Gasteiger partial charge in [-0.15, -0.1) is 6.42 Å². The van der Waals surface area contributed by atoms with Crippen molar-refractivity contribution in [1.29, 1.82) is 0 Å². The normalized spacial score (nSPS) is 17.6. The molecule has 0 aliphatic heterocycles. The number of amides is 2. The van der Waals surface area contributed by atoms with Crippen LogP contribution in [0.25, 0.3) is 0 Å². The van der Waals surface area contributed by atoms with E-state index in [4.69, 9.17) is 11.5 Å². The number of carboxylic acids is 1. The molecule has 2 aliphatic carbocycles. The smallest absolute Gasteiger partial charge is 0.323 e. The second kappa shape index (κ2) is 5.96. The third kappa shape index (κ3) is 4.47. The van der Waals surface area contributed by atoms with Gasteiger partial charge in [0.1, 0.15) is 6.54 Å². The Labute approximate surface area is 113 Å². The molecule has 2 fully saturated rings. The number of carbonyl (C=O) groups excluding carboxylic acids is 1. The predicted octanol–water partition coefficient (Wildman–Crippen LogP) is 1.25. The van der Waals surface area contributed by atoms with E-state index in [1.165, 1.54) is 4.90 Å². The van der Waals surface area contributed by atoms with Crippen molar-refractivity contribution in [3.05, 3.63) is 0 Å².